The van der Waals surface area contributed by atoms with Gasteiger partial charge in [0.15, 0.2) is 0 Å². The van der Waals surface area contributed by atoms with Crippen molar-refractivity contribution in [2.24, 2.45) is 0 Å². The smallest absolute Gasteiger partial charge is 0.346 e. The van der Waals surface area contributed by atoms with E-state index in [4.69, 9.17) is 5.11 Å². The molecule has 3 nitrogen and oxygen atoms in total. The third-order valence-electron chi connectivity index (χ3n) is 3.21. The maximum Gasteiger partial charge on any atom is 0.346 e. The molecule has 0 atom stereocenters. The molecule has 0 fully saturated rings. The minimum absolute atomic E-state index is 0.0950. The van der Waals surface area contributed by atoms with E-state index in [9.17, 15) is 4.79 Å². The van der Waals surface area contributed by atoms with Crippen LogP contribution in [0.5, 0.6) is 0 Å². The Morgan fingerprint density at radius 1 is 1.50 bits per heavy atom. The molecule has 0 amide bonds. The summed E-state index contributed by atoms with van der Waals surface area (Å²) in [6.07, 6.45) is 2.08. The molecule has 0 saturated carbocycles. The Labute approximate surface area is 100 Å². The van der Waals surface area contributed by atoms with Crippen molar-refractivity contribution in [3.8, 4) is 0 Å². The predicted molar refractivity (Wildman–Crippen MR) is 67.1 cm³/mol. The van der Waals surface area contributed by atoms with Gasteiger partial charge in [0.25, 0.3) is 0 Å². The number of carboxylic acid groups (broad SMARTS) is 1. The summed E-state index contributed by atoms with van der Waals surface area (Å²) in [4.78, 5) is 11.4. The van der Waals surface area contributed by atoms with Crippen LogP contribution >= 0.6 is 11.3 Å². The molecule has 90 valence electrons. The SMILES string of the molecule is CCC(C)(CC)NCc1ccsc1C(=O)O. The van der Waals surface area contributed by atoms with E-state index < -0.39 is 5.97 Å². The molecule has 0 aliphatic heterocycles. The normalized spacial score (nSPS) is 11.7. The van der Waals surface area contributed by atoms with E-state index in [-0.39, 0.29) is 5.54 Å². The highest BCUT2D eigenvalue weighted by Gasteiger charge is 2.20. The van der Waals surface area contributed by atoms with Gasteiger partial charge in [-0.1, -0.05) is 13.8 Å². The molecule has 1 aromatic rings. The minimum atomic E-state index is -0.832. The maximum atomic E-state index is 10.9. The van der Waals surface area contributed by atoms with Gasteiger partial charge in [-0.05, 0) is 36.8 Å². The second-order valence-corrected chi connectivity index (χ2v) is 5.12. The van der Waals surface area contributed by atoms with E-state index >= 15 is 0 Å². The molecule has 0 aliphatic carbocycles. The van der Waals surface area contributed by atoms with E-state index in [0.717, 1.165) is 18.4 Å². The summed E-state index contributed by atoms with van der Waals surface area (Å²) in [7, 11) is 0. The van der Waals surface area contributed by atoms with E-state index in [2.05, 4.69) is 26.1 Å². The average Bonchev–Trinajstić information content (AvgIpc) is 2.74. The Bertz CT molecular complexity index is 356. The zero-order valence-electron chi connectivity index (χ0n) is 10.0. The number of aromatic carboxylic acids is 1. The van der Waals surface area contributed by atoms with Crippen LogP contribution < -0.4 is 5.32 Å². The molecule has 0 bridgehead atoms. The highest BCUT2D eigenvalue weighted by Crippen LogP contribution is 2.19. The lowest BCUT2D eigenvalue weighted by Crippen LogP contribution is -2.40. The van der Waals surface area contributed by atoms with Crippen molar-refractivity contribution in [1.29, 1.82) is 0 Å². The monoisotopic (exact) mass is 241 g/mol. The summed E-state index contributed by atoms with van der Waals surface area (Å²) < 4.78 is 0. The third kappa shape index (κ3) is 3.06. The average molecular weight is 241 g/mol. The van der Waals surface area contributed by atoms with Crippen LogP contribution in [0.25, 0.3) is 0 Å². The number of carboxylic acids is 1. The lowest BCUT2D eigenvalue weighted by atomic mass is 9.95. The molecule has 4 heteroatoms. The van der Waals surface area contributed by atoms with Crippen LogP contribution in [0.3, 0.4) is 0 Å². The highest BCUT2D eigenvalue weighted by molar-refractivity contribution is 7.12. The fraction of sp³-hybridized carbons (Fsp3) is 0.583. The van der Waals surface area contributed by atoms with Crippen molar-refractivity contribution in [3.63, 3.8) is 0 Å². The largest absolute Gasteiger partial charge is 0.477 e. The molecular formula is C12H19NO2S. The fourth-order valence-corrected chi connectivity index (χ4v) is 2.23. The van der Waals surface area contributed by atoms with Crippen LogP contribution in [0.15, 0.2) is 11.4 Å². The van der Waals surface area contributed by atoms with Crippen LogP contribution in [-0.4, -0.2) is 16.6 Å². The van der Waals surface area contributed by atoms with Crippen LogP contribution in [0.4, 0.5) is 0 Å². The maximum absolute atomic E-state index is 10.9. The second kappa shape index (κ2) is 5.46. The Balaban J connectivity index is 2.67. The van der Waals surface area contributed by atoms with E-state index in [1.165, 1.54) is 11.3 Å². The molecular weight excluding hydrogens is 222 g/mol. The van der Waals surface area contributed by atoms with Crippen LogP contribution in [0.2, 0.25) is 0 Å². The first-order chi connectivity index (χ1) is 7.52. The van der Waals surface area contributed by atoms with Gasteiger partial charge < -0.3 is 10.4 Å². The van der Waals surface area contributed by atoms with Crippen LogP contribution in [-0.2, 0) is 6.54 Å². The molecule has 0 spiro atoms. The highest BCUT2D eigenvalue weighted by atomic mass is 32.1. The zero-order chi connectivity index (χ0) is 12.2. The number of carbonyl (C=O) groups is 1. The predicted octanol–water partition coefficient (Wildman–Crippen LogP) is 3.11. The molecule has 0 unspecified atom stereocenters. The standard InChI is InChI=1S/C12H19NO2S/c1-4-12(3,5-2)13-8-9-6-7-16-10(9)11(14)15/h6-7,13H,4-5,8H2,1-3H3,(H,14,15). The van der Waals surface area contributed by atoms with E-state index in [1.807, 2.05) is 11.4 Å². The van der Waals surface area contributed by atoms with Crippen molar-refractivity contribution in [1.82, 2.24) is 5.32 Å². The Morgan fingerprint density at radius 2 is 2.12 bits per heavy atom. The van der Waals surface area contributed by atoms with Gasteiger partial charge in [-0.3, -0.25) is 0 Å². The van der Waals surface area contributed by atoms with Gasteiger partial charge in [0, 0.05) is 12.1 Å². The molecule has 1 rings (SSSR count). The Morgan fingerprint density at radius 3 is 2.62 bits per heavy atom. The fourth-order valence-electron chi connectivity index (χ4n) is 1.47. The van der Waals surface area contributed by atoms with Gasteiger partial charge in [0.1, 0.15) is 4.88 Å². The van der Waals surface area contributed by atoms with Crippen molar-refractivity contribution < 1.29 is 9.90 Å². The topological polar surface area (TPSA) is 49.3 Å². The van der Waals surface area contributed by atoms with Gasteiger partial charge >= 0.3 is 5.97 Å². The van der Waals surface area contributed by atoms with Crippen molar-refractivity contribution in [2.75, 3.05) is 0 Å². The molecule has 0 aliphatic rings. The lowest BCUT2D eigenvalue weighted by molar-refractivity contribution is 0.0700. The van der Waals surface area contributed by atoms with Crippen molar-refractivity contribution >= 4 is 17.3 Å². The van der Waals surface area contributed by atoms with Gasteiger partial charge in [-0.25, -0.2) is 4.79 Å². The first-order valence-corrected chi connectivity index (χ1v) is 6.45. The Hall–Kier alpha value is -0.870. The number of rotatable bonds is 6. The number of thiophene rings is 1. The third-order valence-corrected chi connectivity index (χ3v) is 4.15. The quantitative estimate of drug-likeness (QED) is 0.804. The first kappa shape index (κ1) is 13.2. The van der Waals surface area contributed by atoms with Gasteiger partial charge in [0.2, 0.25) is 0 Å². The minimum Gasteiger partial charge on any atom is -0.477 e. The van der Waals surface area contributed by atoms with Crippen molar-refractivity contribution in [2.45, 2.75) is 45.7 Å². The second-order valence-electron chi connectivity index (χ2n) is 4.20. The molecule has 1 aromatic heterocycles. The molecule has 16 heavy (non-hydrogen) atoms. The number of nitrogens with one attached hydrogen (secondary N) is 1. The summed E-state index contributed by atoms with van der Waals surface area (Å²) in [5, 5.41) is 14.2. The molecule has 1 heterocycles. The van der Waals surface area contributed by atoms with Gasteiger partial charge in [-0.2, -0.15) is 0 Å². The van der Waals surface area contributed by atoms with Crippen molar-refractivity contribution in [3.05, 3.63) is 21.9 Å². The summed E-state index contributed by atoms with van der Waals surface area (Å²) in [6.45, 7) is 7.08. The zero-order valence-corrected chi connectivity index (χ0v) is 10.9. The van der Waals surface area contributed by atoms with Crippen LogP contribution in [0, 0.1) is 0 Å². The van der Waals surface area contributed by atoms with Gasteiger partial charge in [-0.15, -0.1) is 11.3 Å². The summed E-state index contributed by atoms with van der Waals surface area (Å²) in [6, 6.07) is 1.88. The molecule has 0 aromatic carbocycles. The number of hydrogen-bond donors (Lipinski definition) is 2. The number of hydrogen-bond acceptors (Lipinski definition) is 3. The van der Waals surface area contributed by atoms with E-state index in [0.29, 0.717) is 11.4 Å². The molecule has 2 N–H and O–H groups in total. The molecule has 0 saturated heterocycles. The van der Waals surface area contributed by atoms with E-state index in [1.54, 1.807) is 0 Å². The summed E-state index contributed by atoms with van der Waals surface area (Å²) >= 11 is 1.28. The lowest BCUT2D eigenvalue weighted by Gasteiger charge is -2.28. The Kier molecular flexibility index (Phi) is 4.50. The van der Waals surface area contributed by atoms with Gasteiger partial charge in [0.05, 0.1) is 0 Å². The summed E-state index contributed by atoms with van der Waals surface area (Å²) in [5.41, 5.74) is 0.975. The molecule has 0 radical (unpaired) electrons. The first-order valence-electron chi connectivity index (χ1n) is 5.57. The van der Waals surface area contributed by atoms with Crippen LogP contribution in [0.1, 0.15) is 48.8 Å². The summed E-state index contributed by atoms with van der Waals surface area (Å²) in [5.74, 6) is -0.832.